The number of likely N-dealkylation sites (tertiary alicyclic amines) is 1. The van der Waals surface area contributed by atoms with Crippen LogP contribution >= 0.6 is 0 Å². The van der Waals surface area contributed by atoms with E-state index in [-0.39, 0.29) is 11.5 Å². The van der Waals surface area contributed by atoms with Crippen LogP contribution in [0.4, 0.5) is 0 Å². The van der Waals surface area contributed by atoms with E-state index in [1.807, 2.05) is 4.90 Å². The first-order valence-corrected chi connectivity index (χ1v) is 10.6. The van der Waals surface area contributed by atoms with Crippen LogP contribution in [0.2, 0.25) is 0 Å². The molecular weight excluding hydrogens is 328 g/mol. The van der Waals surface area contributed by atoms with E-state index >= 15 is 0 Å². The van der Waals surface area contributed by atoms with Crippen LogP contribution in [-0.2, 0) is 9.53 Å². The number of nitrogens with zero attached hydrogens (tertiary/aromatic N) is 2. The van der Waals surface area contributed by atoms with Crippen molar-refractivity contribution in [1.29, 1.82) is 0 Å². The van der Waals surface area contributed by atoms with Crippen LogP contribution < -0.4 is 10.6 Å². The normalized spacial score (nSPS) is 40.1. The van der Waals surface area contributed by atoms with Gasteiger partial charge in [-0.25, -0.2) is 0 Å². The van der Waals surface area contributed by atoms with Crippen molar-refractivity contribution in [2.75, 3.05) is 39.3 Å². The molecule has 1 spiro atoms. The monoisotopic (exact) mass is 364 g/mol. The van der Waals surface area contributed by atoms with Gasteiger partial charge in [-0.3, -0.25) is 9.69 Å². The lowest BCUT2D eigenvalue weighted by atomic mass is 9.87. The Morgan fingerprint density at radius 3 is 2.46 bits per heavy atom. The van der Waals surface area contributed by atoms with Crippen molar-refractivity contribution in [3.05, 3.63) is 0 Å². The molecule has 0 bridgehead atoms. The number of hydrogen-bond acceptors (Lipinski definition) is 5. The Labute approximate surface area is 158 Å². The number of rotatable bonds is 4. The maximum absolute atomic E-state index is 12.7. The van der Waals surface area contributed by atoms with E-state index in [2.05, 4.69) is 36.3 Å². The Morgan fingerprint density at radius 2 is 1.85 bits per heavy atom. The molecule has 1 saturated carbocycles. The SMILES string of the molecule is CC1CN(C(=O)CN2CCC3(CC2)CC(N[C@@H]2C[C@H]2C)CO3)CC(C)N1. The summed E-state index contributed by atoms with van der Waals surface area (Å²) in [5.41, 5.74) is 0.0629. The zero-order valence-corrected chi connectivity index (χ0v) is 16.7. The van der Waals surface area contributed by atoms with Crippen LogP contribution in [-0.4, -0.2) is 84.8 Å². The first-order chi connectivity index (χ1) is 12.4. The van der Waals surface area contributed by atoms with Crippen LogP contribution in [0, 0.1) is 5.92 Å². The lowest BCUT2D eigenvalue weighted by molar-refractivity contribution is -0.135. The molecule has 6 heteroatoms. The van der Waals surface area contributed by atoms with Gasteiger partial charge in [0.25, 0.3) is 0 Å². The number of ether oxygens (including phenoxy) is 1. The first kappa shape index (κ1) is 18.7. The summed E-state index contributed by atoms with van der Waals surface area (Å²) in [6.45, 7) is 11.7. The van der Waals surface area contributed by atoms with E-state index in [4.69, 9.17) is 4.74 Å². The molecule has 1 amide bonds. The van der Waals surface area contributed by atoms with E-state index in [0.717, 1.165) is 64.0 Å². The fourth-order valence-corrected chi connectivity index (χ4v) is 5.10. The summed E-state index contributed by atoms with van der Waals surface area (Å²) in [5, 5.41) is 7.26. The van der Waals surface area contributed by atoms with Crippen LogP contribution in [0.5, 0.6) is 0 Å². The van der Waals surface area contributed by atoms with Gasteiger partial charge in [0.2, 0.25) is 5.91 Å². The molecule has 3 saturated heterocycles. The first-order valence-electron chi connectivity index (χ1n) is 10.6. The number of carbonyl (C=O) groups is 1. The second kappa shape index (κ2) is 7.38. The van der Waals surface area contributed by atoms with Gasteiger partial charge in [-0.2, -0.15) is 0 Å². The average molecular weight is 365 g/mol. The average Bonchev–Trinajstić information content (AvgIpc) is 3.13. The highest BCUT2D eigenvalue weighted by Crippen LogP contribution is 2.38. The Balaban J connectivity index is 1.22. The summed E-state index contributed by atoms with van der Waals surface area (Å²) in [7, 11) is 0. The molecule has 3 unspecified atom stereocenters. The fourth-order valence-electron chi connectivity index (χ4n) is 5.10. The predicted octanol–water partition coefficient (Wildman–Crippen LogP) is 0.817. The minimum atomic E-state index is 0.0629. The molecule has 4 aliphatic rings. The zero-order chi connectivity index (χ0) is 18.3. The Hall–Kier alpha value is -0.690. The minimum Gasteiger partial charge on any atom is -0.373 e. The van der Waals surface area contributed by atoms with Gasteiger partial charge in [0.05, 0.1) is 18.8 Å². The van der Waals surface area contributed by atoms with Gasteiger partial charge in [-0.05, 0) is 45.4 Å². The Morgan fingerprint density at radius 1 is 1.19 bits per heavy atom. The second-order valence-corrected chi connectivity index (χ2v) is 9.42. The molecule has 2 N–H and O–H groups in total. The third kappa shape index (κ3) is 4.24. The summed E-state index contributed by atoms with van der Waals surface area (Å²) in [4.78, 5) is 17.1. The molecule has 4 rings (SSSR count). The predicted molar refractivity (Wildman–Crippen MR) is 102 cm³/mol. The highest BCUT2D eigenvalue weighted by Gasteiger charge is 2.45. The molecule has 6 nitrogen and oxygen atoms in total. The number of hydrogen-bond donors (Lipinski definition) is 2. The van der Waals surface area contributed by atoms with Gasteiger partial charge < -0.3 is 20.3 Å². The molecule has 0 aromatic carbocycles. The van der Waals surface area contributed by atoms with E-state index in [9.17, 15) is 4.79 Å². The smallest absolute Gasteiger partial charge is 0.236 e. The lowest BCUT2D eigenvalue weighted by Crippen LogP contribution is -2.58. The van der Waals surface area contributed by atoms with Crippen LogP contribution in [0.15, 0.2) is 0 Å². The van der Waals surface area contributed by atoms with Crippen LogP contribution in [0.3, 0.4) is 0 Å². The van der Waals surface area contributed by atoms with E-state index in [1.165, 1.54) is 6.42 Å². The fraction of sp³-hybridized carbons (Fsp3) is 0.950. The molecule has 0 aromatic rings. The third-order valence-corrected chi connectivity index (χ3v) is 6.80. The molecule has 5 atom stereocenters. The molecule has 0 radical (unpaired) electrons. The largest absolute Gasteiger partial charge is 0.373 e. The van der Waals surface area contributed by atoms with Crippen molar-refractivity contribution in [2.24, 2.45) is 5.92 Å². The number of amides is 1. The Kier molecular flexibility index (Phi) is 5.30. The summed E-state index contributed by atoms with van der Waals surface area (Å²) in [6.07, 6.45) is 4.59. The molecule has 26 heavy (non-hydrogen) atoms. The van der Waals surface area contributed by atoms with E-state index in [1.54, 1.807) is 0 Å². The van der Waals surface area contributed by atoms with E-state index < -0.39 is 0 Å². The molecule has 1 aliphatic carbocycles. The summed E-state index contributed by atoms with van der Waals surface area (Å²) < 4.78 is 6.26. The van der Waals surface area contributed by atoms with Crippen LogP contribution in [0.25, 0.3) is 0 Å². The van der Waals surface area contributed by atoms with Gasteiger partial charge >= 0.3 is 0 Å². The van der Waals surface area contributed by atoms with Crippen LogP contribution in [0.1, 0.15) is 46.5 Å². The quantitative estimate of drug-likeness (QED) is 0.773. The summed E-state index contributed by atoms with van der Waals surface area (Å²) in [6, 6.07) is 2.03. The van der Waals surface area contributed by atoms with Gasteiger partial charge in [0.1, 0.15) is 0 Å². The number of carbonyl (C=O) groups excluding carboxylic acids is 1. The van der Waals surface area contributed by atoms with Crippen molar-refractivity contribution < 1.29 is 9.53 Å². The highest BCUT2D eigenvalue weighted by molar-refractivity contribution is 5.78. The zero-order valence-electron chi connectivity index (χ0n) is 16.7. The van der Waals surface area contributed by atoms with Crippen molar-refractivity contribution in [2.45, 2.75) is 76.2 Å². The molecule has 148 valence electrons. The van der Waals surface area contributed by atoms with Gasteiger partial charge in [-0.15, -0.1) is 0 Å². The lowest BCUT2D eigenvalue weighted by Gasteiger charge is -2.40. The van der Waals surface area contributed by atoms with Crippen molar-refractivity contribution in [3.63, 3.8) is 0 Å². The maximum atomic E-state index is 12.7. The third-order valence-electron chi connectivity index (χ3n) is 6.80. The number of piperidine rings is 1. The van der Waals surface area contributed by atoms with Gasteiger partial charge in [0, 0.05) is 50.3 Å². The molecule has 3 heterocycles. The van der Waals surface area contributed by atoms with Gasteiger partial charge in [0.15, 0.2) is 0 Å². The maximum Gasteiger partial charge on any atom is 0.236 e. The highest BCUT2D eigenvalue weighted by atomic mass is 16.5. The van der Waals surface area contributed by atoms with Crippen molar-refractivity contribution in [1.82, 2.24) is 20.4 Å². The molecular formula is C20H36N4O2. The second-order valence-electron chi connectivity index (χ2n) is 9.42. The van der Waals surface area contributed by atoms with E-state index in [0.29, 0.717) is 24.7 Å². The topological polar surface area (TPSA) is 56.8 Å². The van der Waals surface area contributed by atoms with Crippen molar-refractivity contribution >= 4 is 5.91 Å². The molecule has 3 aliphatic heterocycles. The van der Waals surface area contributed by atoms with Gasteiger partial charge in [-0.1, -0.05) is 6.92 Å². The summed E-state index contributed by atoms with van der Waals surface area (Å²) >= 11 is 0. The summed E-state index contributed by atoms with van der Waals surface area (Å²) in [5.74, 6) is 1.13. The molecule has 0 aromatic heterocycles. The van der Waals surface area contributed by atoms with Crippen molar-refractivity contribution in [3.8, 4) is 0 Å². The number of piperazine rings is 1. The minimum absolute atomic E-state index is 0.0629. The molecule has 4 fully saturated rings. The number of nitrogens with one attached hydrogen (secondary N) is 2. The Bertz CT molecular complexity index is 510. The standard InChI is InChI=1S/C20H36N4O2/c1-14-8-18(14)22-17-9-20(26-13-17)4-6-23(7-5-20)12-19(25)24-10-15(2)21-16(3)11-24/h14-18,21-22H,4-13H2,1-3H3/t14-,15?,16?,17?,18-/m1/s1.